The maximum absolute atomic E-state index is 14.7. The van der Waals surface area contributed by atoms with Crippen molar-refractivity contribution in [1.82, 2.24) is 9.80 Å². The topological polar surface area (TPSA) is 71.6 Å². The van der Waals surface area contributed by atoms with Crippen LogP contribution in [0.1, 0.15) is 91.5 Å². The van der Waals surface area contributed by atoms with Crippen LogP contribution in [-0.2, 0) is 29.0 Å². The van der Waals surface area contributed by atoms with Gasteiger partial charge in [-0.25, -0.2) is 0 Å². The Hall–Kier alpha value is -1.94. The summed E-state index contributed by atoms with van der Waals surface area (Å²) in [4.78, 5) is 34.9. The molecule has 0 radical (unpaired) electrons. The molecule has 232 valence electrons. The lowest BCUT2D eigenvalue weighted by Crippen LogP contribution is -2.60. The van der Waals surface area contributed by atoms with Crippen LogP contribution in [0, 0.1) is 10.8 Å². The van der Waals surface area contributed by atoms with Crippen molar-refractivity contribution in [3.05, 3.63) is 23.8 Å². The van der Waals surface area contributed by atoms with Crippen molar-refractivity contribution in [2.24, 2.45) is 10.8 Å². The number of hydrogen-bond acceptors (Lipinski definition) is 6. The third kappa shape index (κ3) is 4.24. The second-order valence-electron chi connectivity index (χ2n) is 16.3. The lowest BCUT2D eigenvalue weighted by molar-refractivity contribution is -0.170. The summed E-state index contributed by atoms with van der Waals surface area (Å²) >= 11 is 0. The Bertz CT molecular complexity index is 1320. The van der Waals surface area contributed by atoms with Crippen LogP contribution in [0.2, 0.25) is 0 Å². The Morgan fingerprint density at radius 2 is 1.56 bits per heavy atom. The third-order valence-electron chi connectivity index (χ3n) is 12.8. The number of amides is 2. The monoisotopic (exact) mass is 589 g/mol. The first-order valence-corrected chi connectivity index (χ1v) is 16.8. The van der Waals surface area contributed by atoms with Crippen LogP contribution in [0.25, 0.3) is 0 Å². The number of hydrogen-bond donors (Lipinski definition) is 0. The van der Waals surface area contributed by atoms with E-state index in [2.05, 4.69) is 55.7 Å². The molecule has 1 aromatic rings. The van der Waals surface area contributed by atoms with E-state index in [9.17, 15) is 9.59 Å². The molecule has 0 unspecified atom stereocenters. The first-order valence-electron chi connectivity index (χ1n) is 16.8. The van der Waals surface area contributed by atoms with Crippen LogP contribution in [0.5, 0.6) is 0 Å². The highest BCUT2D eigenvalue weighted by Gasteiger charge is 2.58. The summed E-state index contributed by atoms with van der Waals surface area (Å²) in [6.45, 7) is 15.0. The third-order valence-corrected chi connectivity index (χ3v) is 12.8. The van der Waals surface area contributed by atoms with Gasteiger partial charge in [-0.3, -0.25) is 14.5 Å². The molecule has 4 saturated heterocycles. The van der Waals surface area contributed by atoms with Gasteiger partial charge in [0.25, 0.3) is 0 Å². The zero-order valence-corrected chi connectivity index (χ0v) is 26.7. The first-order chi connectivity index (χ1) is 20.4. The number of benzene rings is 1. The van der Waals surface area contributed by atoms with E-state index >= 15 is 0 Å². The van der Waals surface area contributed by atoms with Gasteiger partial charge in [-0.2, -0.15) is 0 Å². The highest BCUT2D eigenvalue weighted by molar-refractivity contribution is 6.62. The molecule has 7 aliphatic rings. The van der Waals surface area contributed by atoms with Crippen LogP contribution < -0.4 is 10.4 Å². The minimum Gasteiger partial charge on any atom is -0.399 e. The fourth-order valence-electron chi connectivity index (χ4n) is 8.79. The van der Waals surface area contributed by atoms with Gasteiger partial charge in [-0.05, 0) is 115 Å². The molecule has 2 spiro atoms. The van der Waals surface area contributed by atoms with Gasteiger partial charge in [0.05, 0.1) is 35.2 Å². The predicted molar refractivity (Wildman–Crippen MR) is 165 cm³/mol. The highest BCUT2D eigenvalue weighted by atomic mass is 16.7. The number of nitrogens with zero attached hydrogens (tertiary/aromatic N) is 3. The normalized spacial score (nSPS) is 33.0. The SMILES string of the molecule is CC1(C(=O)N2CCC3(CC2)C(=O)N(C2CC(N4CCCC5(CC5)C4)C2)c2cc(B4OC(C)(C)C(C)(C)O4)ccc23)COC1. The quantitative estimate of drug-likeness (QED) is 0.500. The molecule has 8 nitrogen and oxygen atoms in total. The van der Waals surface area contributed by atoms with Crippen molar-refractivity contribution >= 4 is 30.1 Å². The Morgan fingerprint density at radius 1 is 0.884 bits per heavy atom. The number of anilines is 1. The molecule has 6 fully saturated rings. The van der Waals surface area contributed by atoms with E-state index in [0.717, 1.165) is 29.6 Å². The minimum absolute atomic E-state index is 0.170. The molecule has 2 aliphatic carbocycles. The predicted octanol–water partition coefficient (Wildman–Crippen LogP) is 3.64. The van der Waals surface area contributed by atoms with Crippen molar-refractivity contribution in [2.75, 3.05) is 44.3 Å². The maximum atomic E-state index is 14.7. The molecular formula is C34H48BN3O5. The number of likely N-dealkylation sites (tertiary alicyclic amines) is 2. The molecule has 5 aliphatic heterocycles. The number of carbonyl (C=O) groups excluding carboxylic acids is 2. The largest absolute Gasteiger partial charge is 0.494 e. The van der Waals surface area contributed by atoms with E-state index < -0.39 is 29.2 Å². The number of ether oxygens (including phenoxy) is 1. The van der Waals surface area contributed by atoms with E-state index in [4.69, 9.17) is 14.0 Å². The highest BCUT2D eigenvalue weighted by Crippen LogP contribution is 2.55. The molecule has 0 N–H and O–H groups in total. The van der Waals surface area contributed by atoms with E-state index in [1.165, 1.54) is 38.8 Å². The van der Waals surface area contributed by atoms with E-state index in [0.29, 0.717) is 50.6 Å². The van der Waals surface area contributed by atoms with Gasteiger partial charge in [-0.15, -0.1) is 0 Å². The van der Waals surface area contributed by atoms with E-state index in [-0.39, 0.29) is 17.9 Å². The van der Waals surface area contributed by atoms with E-state index in [1.807, 2.05) is 11.8 Å². The van der Waals surface area contributed by atoms with Crippen molar-refractivity contribution < 1.29 is 23.6 Å². The van der Waals surface area contributed by atoms with Crippen molar-refractivity contribution in [3.63, 3.8) is 0 Å². The smallest absolute Gasteiger partial charge is 0.399 e. The standard InChI is InChI=1S/C34H48BN3O5/c1-30(2)31(3,4)43-35(42-30)23-7-8-26-27(17-23)38(25-18-24(19-25)37-14-6-9-33(20-37)10-11-33)29(40)34(26)12-15-36(16-13-34)28(39)32(5)21-41-22-32/h7-8,17,24-25H,6,9-16,18-22H2,1-5H3. The van der Waals surface area contributed by atoms with Gasteiger partial charge in [-0.1, -0.05) is 12.1 Å². The molecule has 1 aromatic carbocycles. The van der Waals surface area contributed by atoms with Gasteiger partial charge in [0, 0.05) is 37.4 Å². The van der Waals surface area contributed by atoms with Crippen LogP contribution in [0.3, 0.4) is 0 Å². The molecule has 0 aromatic heterocycles. The number of rotatable bonds is 4. The summed E-state index contributed by atoms with van der Waals surface area (Å²) in [6.07, 6.45) is 8.92. The average Bonchev–Trinajstić information content (AvgIpc) is 3.58. The van der Waals surface area contributed by atoms with Gasteiger partial charge in [0.1, 0.15) is 0 Å². The summed E-state index contributed by atoms with van der Waals surface area (Å²) in [7, 11) is -0.467. The Morgan fingerprint density at radius 3 is 2.16 bits per heavy atom. The fraction of sp³-hybridized carbons (Fsp3) is 0.765. The number of fused-ring (bicyclic) bond motifs is 2. The van der Waals surface area contributed by atoms with Crippen molar-refractivity contribution in [1.29, 1.82) is 0 Å². The molecule has 9 heteroatoms. The van der Waals surface area contributed by atoms with Gasteiger partial charge < -0.3 is 23.8 Å². The second kappa shape index (κ2) is 9.30. The number of carbonyl (C=O) groups is 2. The molecular weight excluding hydrogens is 541 g/mol. The Balaban J connectivity index is 1.07. The molecule has 0 bridgehead atoms. The Labute approximate surface area is 256 Å². The van der Waals surface area contributed by atoms with Crippen LogP contribution >= 0.6 is 0 Å². The van der Waals surface area contributed by atoms with Gasteiger partial charge >= 0.3 is 7.12 Å². The zero-order valence-electron chi connectivity index (χ0n) is 26.7. The molecule has 2 saturated carbocycles. The van der Waals surface area contributed by atoms with Crippen LogP contribution in [0.15, 0.2) is 18.2 Å². The molecule has 8 rings (SSSR count). The van der Waals surface area contributed by atoms with Gasteiger partial charge in [0.2, 0.25) is 11.8 Å². The van der Waals surface area contributed by atoms with Crippen LogP contribution in [-0.4, -0.2) is 91.4 Å². The Kier molecular flexibility index (Phi) is 6.17. The van der Waals surface area contributed by atoms with Crippen LogP contribution in [0.4, 0.5) is 5.69 Å². The average molecular weight is 590 g/mol. The van der Waals surface area contributed by atoms with Crippen molar-refractivity contribution in [3.8, 4) is 0 Å². The molecule has 43 heavy (non-hydrogen) atoms. The van der Waals surface area contributed by atoms with E-state index in [1.54, 1.807) is 0 Å². The lowest BCUT2D eigenvalue weighted by atomic mass is 9.71. The second-order valence-corrected chi connectivity index (χ2v) is 16.3. The summed E-state index contributed by atoms with van der Waals surface area (Å²) in [6, 6.07) is 7.25. The zero-order chi connectivity index (χ0) is 30.0. The lowest BCUT2D eigenvalue weighted by Gasteiger charge is -2.49. The summed E-state index contributed by atoms with van der Waals surface area (Å²) < 4.78 is 18.2. The molecule has 2 amide bonds. The molecule has 0 atom stereocenters. The first kappa shape index (κ1) is 28.5. The van der Waals surface area contributed by atoms with Gasteiger partial charge in [0.15, 0.2) is 0 Å². The summed E-state index contributed by atoms with van der Waals surface area (Å²) in [5.41, 5.74) is 1.90. The molecule has 5 heterocycles. The summed E-state index contributed by atoms with van der Waals surface area (Å²) in [5.74, 6) is 0.406. The summed E-state index contributed by atoms with van der Waals surface area (Å²) in [5, 5.41) is 0. The maximum Gasteiger partial charge on any atom is 0.494 e. The number of piperidine rings is 2. The van der Waals surface area contributed by atoms with Crippen molar-refractivity contribution in [2.45, 2.75) is 115 Å². The minimum atomic E-state index is -0.578. The fourth-order valence-corrected chi connectivity index (χ4v) is 8.79.